The largest absolute Gasteiger partial charge is 0.497 e. The van der Waals surface area contributed by atoms with Crippen molar-refractivity contribution >= 4 is 23.2 Å². The molecule has 0 saturated carbocycles. The summed E-state index contributed by atoms with van der Waals surface area (Å²) in [5.41, 5.74) is 3.49. The second-order valence-electron chi connectivity index (χ2n) is 10.5. The van der Waals surface area contributed by atoms with Gasteiger partial charge in [-0.15, -0.1) is 0 Å². The van der Waals surface area contributed by atoms with Gasteiger partial charge in [0.2, 0.25) is 0 Å². The van der Waals surface area contributed by atoms with Gasteiger partial charge in [-0.25, -0.2) is 18.4 Å². The van der Waals surface area contributed by atoms with Crippen LogP contribution in [0.2, 0.25) is 10.0 Å². The van der Waals surface area contributed by atoms with Crippen LogP contribution >= 0.6 is 23.2 Å². The molecule has 0 aliphatic carbocycles. The van der Waals surface area contributed by atoms with Crippen LogP contribution in [0.25, 0.3) is 0 Å². The van der Waals surface area contributed by atoms with Crippen LogP contribution in [-0.2, 0) is 25.9 Å². The van der Waals surface area contributed by atoms with Gasteiger partial charge in [0.05, 0.1) is 20.2 Å². The van der Waals surface area contributed by atoms with E-state index in [0.29, 0.717) is 28.8 Å². The molecule has 0 fully saturated rings. The molecule has 6 rings (SSSR count). The molecule has 0 spiro atoms. The summed E-state index contributed by atoms with van der Waals surface area (Å²) in [5, 5.41) is 8.08. The second kappa shape index (κ2) is 15.1. The average Bonchev–Trinajstić information content (AvgIpc) is 3.58. The lowest BCUT2D eigenvalue weighted by Crippen LogP contribution is -2.18. The number of aromatic nitrogens is 4. The zero-order valence-electron chi connectivity index (χ0n) is 25.3. The summed E-state index contributed by atoms with van der Waals surface area (Å²) >= 11 is 12.1. The maximum absolute atomic E-state index is 13.9. The maximum Gasteiger partial charge on any atom is 0.441 e. The summed E-state index contributed by atoms with van der Waals surface area (Å²) in [6.07, 6.45) is 0.149. The van der Waals surface area contributed by atoms with Crippen LogP contribution in [0.3, 0.4) is 0 Å². The van der Waals surface area contributed by atoms with Crippen molar-refractivity contribution in [2.75, 3.05) is 7.11 Å². The summed E-state index contributed by atoms with van der Waals surface area (Å²) < 4.78 is 45.2. The van der Waals surface area contributed by atoms with Gasteiger partial charge in [0, 0.05) is 34.0 Å². The fourth-order valence-corrected chi connectivity index (χ4v) is 5.13. The van der Waals surface area contributed by atoms with Crippen molar-refractivity contribution in [3.63, 3.8) is 0 Å². The molecule has 13 heteroatoms. The van der Waals surface area contributed by atoms with E-state index in [-0.39, 0.29) is 30.0 Å². The Bertz CT molecular complexity index is 2050. The number of halogens is 4. The minimum atomic E-state index is -0.603. The highest BCUT2D eigenvalue weighted by Gasteiger charge is 2.17. The Kier molecular flexibility index (Phi) is 10.7. The van der Waals surface area contributed by atoms with Crippen molar-refractivity contribution < 1.29 is 22.6 Å². The minimum Gasteiger partial charge on any atom is -0.497 e. The number of hydrogen-bond acceptors (Lipinski definition) is 7. The molecule has 0 atom stereocenters. The van der Waals surface area contributed by atoms with E-state index in [1.54, 1.807) is 31.4 Å². The highest BCUT2D eigenvalue weighted by molar-refractivity contribution is 6.31. The Balaban J connectivity index is 0.000000185. The molecule has 0 aliphatic rings. The molecule has 47 heavy (non-hydrogen) atoms. The molecule has 0 aliphatic heterocycles. The van der Waals surface area contributed by atoms with Crippen LogP contribution in [0.5, 0.6) is 5.75 Å². The molecule has 242 valence electrons. The molecule has 0 radical (unpaired) electrons. The Morgan fingerprint density at radius 1 is 0.681 bits per heavy atom. The number of aryl methyl sites for hydroxylation is 1. The number of hydrogen-bond donors (Lipinski definition) is 0. The van der Waals surface area contributed by atoms with Gasteiger partial charge in [-0.3, -0.25) is 18.2 Å². The Labute approximate surface area is 277 Å². The van der Waals surface area contributed by atoms with Crippen molar-refractivity contribution in [2.45, 2.75) is 32.9 Å². The van der Waals surface area contributed by atoms with Crippen LogP contribution in [-0.4, -0.2) is 26.6 Å². The van der Waals surface area contributed by atoms with E-state index >= 15 is 0 Å². The fraction of sp³-hybridized carbons (Fsp3) is 0.176. The van der Waals surface area contributed by atoms with E-state index in [1.807, 2.05) is 43.3 Å². The van der Waals surface area contributed by atoms with Crippen molar-refractivity contribution in [1.29, 1.82) is 0 Å². The van der Waals surface area contributed by atoms with Crippen LogP contribution in [0.4, 0.5) is 8.78 Å². The Morgan fingerprint density at radius 3 is 1.51 bits per heavy atom. The quantitative estimate of drug-likeness (QED) is 0.164. The molecule has 4 aromatic carbocycles. The zero-order valence-corrected chi connectivity index (χ0v) is 26.8. The van der Waals surface area contributed by atoms with Crippen LogP contribution < -0.4 is 16.2 Å². The average molecular weight is 682 g/mol. The van der Waals surface area contributed by atoms with E-state index in [4.69, 9.17) is 37.0 Å². The summed E-state index contributed by atoms with van der Waals surface area (Å²) in [7, 11) is 1.58. The highest BCUT2D eigenvalue weighted by atomic mass is 35.5. The first-order chi connectivity index (χ1) is 22.6. The van der Waals surface area contributed by atoms with Crippen molar-refractivity contribution in [3.05, 3.63) is 167 Å². The summed E-state index contributed by atoms with van der Waals surface area (Å²) in [6, 6.07) is 23.9. The fourth-order valence-electron chi connectivity index (χ4n) is 4.67. The second-order valence-corrected chi connectivity index (χ2v) is 11.3. The predicted octanol–water partition coefficient (Wildman–Crippen LogP) is 6.85. The first-order valence-electron chi connectivity index (χ1n) is 14.3. The predicted molar refractivity (Wildman–Crippen MR) is 172 cm³/mol. The van der Waals surface area contributed by atoms with E-state index in [1.165, 1.54) is 33.4 Å². The first-order valence-corrected chi connectivity index (χ1v) is 15.0. The normalized spacial score (nSPS) is 10.9. The van der Waals surface area contributed by atoms with Gasteiger partial charge in [0.15, 0.2) is 11.6 Å². The van der Waals surface area contributed by atoms with Gasteiger partial charge < -0.3 is 4.74 Å². The van der Waals surface area contributed by atoms with Gasteiger partial charge in [0.25, 0.3) is 0 Å². The molecule has 0 amide bonds. The van der Waals surface area contributed by atoms with Crippen molar-refractivity contribution in [1.82, 2.24) is 19.4 Å². The topological polar surface area (TPSA) is 105 Å². The molecule has 0 N–H and O–H groups in total. The molecule has 0 saturated heterocycles. The van der Waals surface area contributed by atoms with Crippen LogP contribution in [0.15, 0.2) is 104 Å². The molecular weight excluding hydrogens is 653 g/mol. The lowest BCUT2D eigenvalue weighted by atomic mass is 10.1. The molecular formula is C34H28Cl2F2N4O5. The van der Waals surface area contributed by atoms with Gasteiger partial charge in [-0.05, 0) is 54.4 Å². The number of rotatable bonds is 9. The number of ether oxygens (including phenoxy) is 1. The zero-order chi connectivity index (χ0) is 33.5. The third-order valence-corrected chi connectivity index (χ3v) is 7.98. The van der Waals surface area contributed by atoms with Gasteiger partial charge in [0.1, 0.15) is 17.4 Å². The molecule has 9 nitrogen and oxygen atoms in total. The van der Waals surface area contributed by atoms with E-state index in [2.05, 4.69) is 10.3 Å². The first kappa shape index (κ1) is 33.4. The molecule has 6 aromatic rings. The highest BCUT2D eigenvalue weighted by Crippen LogP contribution is 2.23. The third kappa shape index (κ3) is 8.24. The SMILES string of the molecule is COc1ccc(Cn2c(Cc3c(F)cccc3Cl)noc2=O)cc1.Cc1ccc(Cn2c(Cc3c(F)cccc3Cl)noc2=O)cc1. The van der Waals surface area contributed by atoms with E-state index in [0.717, 1.165) is 22.4 Å². The van der Waals surface area contributed by atoms with E-state index < -0.39 is 23.1 Å². The maximum atomic E-state index is 13.9. The summed E-state index contributed by atoms with van der Waals surface area (Å²) in [5.74, 6) is -0.703. The van der Waals surface area contributed by atoms with Crippen LogP contribution in [0, 0.1) is 18.6 Å². The number of nitrogens with zero attached hydrogens (tertiary/aromatic N) is 4. The summed E-state index contributed by atoms with van der Waals surface area (Å²) in [4.78, 5) is 23.8. The molecule has 2 heterocycles. The lowest BCUT2D eigenvalue weighted by molar-refractivity contribution is 0.375. The summed E-state index contributed by atoms with van der Waals surface area (Å²) in [6.45, 7) is 2.55. The van der Waals surface area contributed by atoms with Crippen molar-refractivity contribution in [3.8, 4) is 5.75 Å². The van der Waals surface area contributed by atoms with Gasteiger partial charge in [-0.1, -0.05) is 87.6 Å². The monoisotopic (exact) mass is 680 g/mol. The van der Waals surface area contributed by atoms with Gasteiger partial charge in [-0.2, -0.15) is 0 Å². The van der Waals surface area contributed by atoms with E-state index in [9.17, 15) is 18.4 Å². The van der Waals surface area contributed by atoms with Crippen molar-refractivity contribution in [2.24, 2.45) is 0 Å². The Morgan fingerprint density at radius 2 is 1.11 bits per heavy atom. The Hall–Kier alpha value is -5.00. The van der Waals surface area contributed by atoms with Gasteiger partial charge >= 0.3 is 11.5 Å². The molecule has 2 aromatic heterocycles. The molecule has 0 bridgehead atoms. The smallest absolute Gasteiger partial charge is 0.441 e. The number of benzene rings is 4. The molecule has 0 unspecified atom stereocenters. The van der Waals surface area contributed by atoms with Crippen LogP contribution in [0.1, 0.15) is 39.5 Å². The minimum absolute atomic E-state index is 0.0629. The number of methoxy groups -OCH3 is 1. The standard InChI is InChI=1S/C17H14ClFN2O3.C17H14ClFN2O2/c1-23-12-7-5-11(6-8-12)10-21-16(20-24-17(21)22)9-13-14(18)3-2-4-15(13)19;1-11-5-7-12(8-6-11)10-21-16(20-23-17(21)22)9-13-14(18)3-2-4-15(13)19/h2-8H,9-10H2,1H3;2-8H,9-10H2,1H3. The lowest BCUT2D eigenvalue weighted by Gasteiger charge is -2.08. The third-order valence-electron chi connectivity index (χ3n) is 7.28.